The number of aromatic nitrogens is 2. The Kier molecular flexibility index (Phi) is 8.04. The van der Waals surface area contributed by atoms with Crippen LogP contribution in [0.15, 0.2) is 43.1 Å². The number of aryl methyl sites for hydroxylation is 1. The van der Waals surface area contributed by atoms with Crippen molar-refractivity contribution in [3.05, 3.63) is 54.2 Å². The van der Waals surface area contributed by atoms with Gasteiger partial charge in [-0.05, 0) is 68.8 Å². The van der Waals surface area contributed by atoms with Crippen LogP contribution >= 0.6 is 0 Å². The lowest BCUT2D eigenvalue weighted by atomic mass is 9.92. The Hall–Kier alpha value is -4.67. The molecule has 2 aromatic carbocycles. The molecule has 2 aliphatic rings. The number of hydrogen-bond acceptors (Lipinski definition) is 9. The monoisotopic (exact) mass is 550 g/mol. The largest absolute Gasteiger partial charge is 0.462 e. The molecule has 2 N–H and O–H groups in total. The minimum Gasteiger partial charge on any atom is -0.462 e. The van der Waals surface area contributed by atoms with Crippen molar-refractivity contribution in [2.75, 3.05) is 50.5 Å². The molecule has 210 valence electrons. The molecule has 2 saturated heterocycles. The van der Waals surface area contributed by atoms with Crippen LogP contribution in [0.1, 0.15) is 30.4 Å². The Morgan fingerprint density at radius 2 is 2.05 bits per heavy atom. The minimum atomic E-state index is -0.356. The molecule has 0 spiro atoms. The highest BCUT2D eigenvalue weighted by Gasteiger charge is 2.32. The maximum absolute atomic E-state index is 12.5. The second-order valence-electron chi connectivity index (χ2n) is 10.7. The first-order valence-electron chi connectivity index (χ1n) is 13.8. The molecule has 0 unspecified atom stereocenters. The summed E-state index contributed by atoms with van der Waals surface area (Å²) in [6.07, 6.45) is 5.36. The number of ether oxygens (including phenoxy) is 1. The summed E-state index contributed by atoms with van der Waals surface area (Å²) in [6, 6.07) is 12.4. The zero-order valence-electron chi connectivity index (χ0n) is 23.5. The van der Waals surface area contributed by atoms with Crippen LogP contribution in [0, 0.1) is 29.6 Å². The van der Waals surface area contributed by atoms with E-state index >= 15 is 0 Å². The highest BCUT2D eigenvalue weighted by Crippen LogP contribution is 2.40. The van der Waals surface area contributed by atoms with E-state index in [1.54, 1.807) is 11.1 Å². The number of likely N-dealkylation sites (N-methyl/N-ethyl adjacent to an activating group) is 1. The van der Waals surface area contributed by atoms with Gasteiger partial charge in [-0.15, -0.1) is 0 Å². The molecule has 2 aliphatic heterocycles. The van der Waals surface area contributed by atoms with Gasteiger partial charge in [0.15, 0.2) is 0 Å². The van der Waals surface area contributed by atoms with Gasteiger partial charge in [-0.1, -0.05) is 12.6 Å². The van der Waals surface area contributed by atoms with Crippen molar-refractivity contribution in [3.63, 3.8) is 0 Å². The van der Waals surface area contributed by atoms with E-state index in [9.17, 15) is 15.3 Å². The third-order valence-electron chi connectivity index (χ3n) is 8.16. The number of hydrogen-bond donors (Lipinski definition) is 1. The summed E-state index contributed by atoms with van der Waals surface area (Å²) in [7, 11) is 2.10. The normalized spacial score (nSPS) is 19.1. The lowest BCUT2D eigenvalue weighted by Crippen LogP contribution is -2.55. The van der Waals surface area contributed by atoms with E-state index in [1.807, 2.05) is 31.2 Å². The predicted octanol–water partition coefficient (Wildman–Crippen LogP) is 3.65. The molecule has 3 heterocycles. The lowest BCUT2D eigenvalue weighted by molar-refractivity contribution is -0.128. The maximum Gasteiger partial charge on any atom is 0.316 e. The van der Waals surface area contributed by atoms with Crippen LogP contribution in [0.25, 0.3) is 22.0 Å². The van der Waals surface area contributed by atoms with Crippen molar-refractivity contribution in [1.29, 1.82) is 10.5 Å². The second-order valence-corrected chi connectivity index (χ2v) is 10.7. The number of nitrogen functional groups attached to an aromatic ring is 1. The molecule has 0 radical (unpaired) electrons. The van der Waals surface area contributed by atoms with Crippen molar-refractivity contribution < 1.29 is 9.53 Å². The van der Waals surface area contributed by atoms with Crippen LogP contribution in [0.2, 0.25) is 0 Å². The van der Waals surface area contributed by atoms with Crippen molar-refractivity contribution in [2.24, 2.45) is 0 Å². The fourth-order valence-electron chi connectivity index (χ4n) is 5.90. The maximum atomic E-state index is 12.5. The van der Waals surface area contributed by atoms with E-state index in [4.69, 9.17) is 15.5 Å². The van der Waals surface area contributed by atoms with Gasteiger partial charge in [-0.25, -0.2) is 4.98 Å². The highest BCUT2D eigenvalue weighted by atomic mass is 16.5. The molecule has 10 heteroatoms. The third-order valence-corrected chi connectivity index (χ3v) is 8.16. The van der Waals surface area contributed by atoms with Gasteiger partial charge in [-0.3, -0.25) is 4.79 Å². The molecule has 10 nitrogen and oxygen atoms in total. The Balaban J connectivity index is 1.63. The molecule has 2 atom stereocenters. The molecule has 3 aromatic rings. The highest BCUT2D eigenvalue weighted by molar-refractivity contribution is 6.01. The molecule has 2 fully saturated rings. The van der Waals surface area contributed by atoms with Crippen LogP contribution < -0.4 is 15.4 Å². The number of piperazine rings is 1. The first kappa shape index (κ1) is 27.9. The van der Waals surface area contributed by atoms with Crippen molar-refractivity contribution >= 4 is 28.2 Å². The molecule has 0 aliphatic carbocycles. The number of nitrogens with zero attached hydrogens (tertiary/aromatic N) is 7. The fourth-order valence-corrected chi connectivity index (χ4v) is 5.90. The smallest absolute Gasteiger partial charge is 0.316 e. The summed E-state index contributed by atoms with van der Waals surface area (Å²) < 4.78 is 6.05. The Labute approximate surface area is 240 Å². The standard InChI is InChI=1S/C31H34N8O2/c1-4-29(40)39-13-12-38(18-22(39)9-10-32)30-26(16-33)25(24-14-21(34)8-7-20(24)2)15-28-27(30)17-35-31(36-28)41-19-23-6-5-11-37(23)3/h4,7-8,14-15,17,22-23H,1,5-6,9,11-13,18-19,34H2,2-3H3/t22-,23-/m0/s1. The number of likely N-dealkylation sites (tertiary alicyclic amines) is 1. The second kappa shape index (κ2) is 11.8. The van der Waals surface area contributed by atoms with Crippen LogP contribution in [-0.4, -0.2) is 77.6 Å². The summed E-state index contributed by atoms with van der Waals surface area (Å²) in [5, 5.41) is 20.8. The predicted molar refractivity (Wildman–Crippen MR) is 158 cm³/mol. The van der Waals surface area contributed by atoms with E-state index < -0.39 is 0 Å². The first-order chi connectivity index (χ1) is 19.8. The number of anilines is 2. The summed E-state index contributed by atoms with van der Waals surface area (Å²) in [6.45, 7) is 8.39. The molecule has 0 saturated carbocycles. The van der Waals surface area contributed by atoms with Gasteiger partial charge in [-0.2, -0.15) is 15.5 Å². The fraction of sp³-hybridized carbons (Fsp3) is 0.387. The summed E-state index contributed by atoms with van der Waals surface area (Å²) in [5.41, 5.74) is 11.1. The van der Waals surface area contributed by atoms with Gasteiger partial charge in [0.1, 0.15) is 12.7 Å². The van der Waals surface area contributed by atoms with Crippen LogP contribution in [0.3, 0.4) is 0 Å². The zero-order valence-corrected chi connectivity index (χ0v) is 23.5. The zero-order chi connectivity index (χ0) is 29.1. The van der Waals surface area contributed by atoms with Crippen LogP contribution in [0.5, 0.6) is 6.01 Å². The number of carbonyl (C=O) groups is 1. The third kappa shape index (κ3) is 5.52. The number of nitrogens with two attached hydrogens (primary N) is 1. The number of rotatable bonds is 7. The number of amides is 1. The van der Waals surface area contributed by atoms with E-state index in [2.05, 4.69) is 40.5 Å². The molecular formula is C31H34N8O2. The number of benzene rings is 2. The molecular weight excluding hydrogens is 516 g/mol. The topological polar surface area (TPSA) is 135 Å². The van der Waals surface area contributed by atoms with Gasteiger partial charge in [0.2, 0.25) is 5.91 Å². The van der Waals surface area contributed by atoms with E-state index in [1.165, 1.54) is 6.08 Å². The van der Waals surface area contributed by atoms with Crippen LogP contribution in [0.4, 0.5) is 11.4 Å². The van der Waals surface area contributed by atoms with Gasteiger partial charge < -0.3 is 25.2 Å². The first-order valence-corrected chi connectivity index (χ1v) is 13.8. The van der Waals surface area contributed by atoms with Gasteiger partial charge in [0, 0.05) is 48.5 Å². The van der Waals surface area contributed by atoms with Crippen molar-refractivity contribution in [1.82, 2.24) is 19.8 Å². The van der Waals surface area contributed by atoms with E-state index in [0.717, 1.165) is 30.5 Å². The lowest BCUT2D eigenvalue weighted by Gasteiger charge is -2.42. The van der Waals surface area contributed by atoms with Crippen molar-refractivity contribution in [3.8, 4) is 29.3 Å². The average molecular weight is 551 g/mol. The van der Waals surface area contributed by atoms with Gasteiger partial charge in [0.05, 0.1) is 35.3 Å². The van der Waals surface area contributed by atoms with Crippen molar-refractivity contribution in [2.45, 2.75) is 38.3 Å². The SMILES string of the molecule is C=CC(=O)N1CCN(c2c(C#N)c(-c3cc(N)ccc3C)cc3nc(OC[C@@H]4CCCN4C)ncc23)C[C@@H]1CC#N. The molecule has 5 rings (SSSR count). The average Bonchev–Trinajstić information content (AvgIpc) is 3.40. The molecule has 1 aromatic heterocycles. The number of carbonyl (C=O) groups excluding carboxylic acids is 1. The summed E-state index contributed by atoms with van der Waals surface area (Å²) >= 11 is 0. The quantitative estimate of drug-likeness (QED) is 0.345. The minimum absolute atomic E-state index is 0.161. The summed E-state index contributed by atoms with van der Waals surface area (Å²) in [5.74, 6) is -0.211. The Morgan fingerprint density at radius 3 is 2.76 bits per heavy atom. The van der Waals surface area contributed by atoms with E-state index in [-0.39, 0.29) is 24.4 Å². The Morgan fingerprint density at radius 1 is 1.22 bits per heavy atom. The Bertz CT molecular complexity index is 1570. The molecule has 0 bridgehead atoms. The van der Waals surface area contributed by atoms with Gasteiger partial charge in [0.25, 0.3) is 0 Å². The summed E-state index contributed by atoms with van der Waals surface area (Å²) in [4.78, 5) is 27.9. The number of nitriles is 2. The van der Waals surface area contributed by atoms with E-state index in [0.29, 0.717) is 65.7 Å². The molecule has 41 heavy (non-hydrogen) atoms. The molecule has 1 amide bonds. The number of fused-ring (bicyclic) bond motifs is 1. The van der Waals surface area contributed by atoms with Gasteiger partial charge >= 0.3 is 6.01 Å². The van der Waals surface area contributed by atoms with Crippen LogP contribution in [-0.2, 0) is 4.79 Å².